The molecule has 8 heteroatoms. The van der Waals surface area contributed by atoms with Crippen LogP contribution in [0.15, 0.2) is 42.5 Å². The molecule has 0 aliphatic rings. The molecule has 2 amide bonds. The Morgan fingerprint density at radius 1 is 1.06 bits per heavy atom. The highest BCUT2D eigenvalue weighted by molar-refractivity contribution is 7.99. The summed E-state index contributed by atoms with van der Waals surface area (Å²) in [7, 11) is 0. The van der Waals surface area contributed by atoms with E-state index in [1.165, 1.54) is 23.9 Å². The van der Waals surface area contributed by atoms with Crippen LogP contribution in [0.4, 0.5) is 4.39 Å². The number of amides is 2. The van der Waals surface area contributed by atoms with Gasteiger partial charge in [0.2, 0.25) is 11.8 Å². The van der Waals surface area contributed by atoms with E-state index in [1.54, 1.807) is 42.2 Å². The topological polar surface area (TPSA) is 49.4 Å². The second-order valence-electron chi connectivity index (χ2n) is 7.38. The first-order valence-corrected chi connectivity index (χ1v) is 12.0. The first-order chi connectivity index (χ1) is 14.7. The molecular weight excluding hydrogens is 458 g/mol. The summed E-state index contributed by atoms with van der Waals surface area (Å²) in [6.07, 6.45) is 0.798. The molecule has 2 aromatic rings. The highest BCUT2D eigenvalue weighted by Gasteiger charge is 2.26. The average molecular weight is 485 g/mol. The number of nitrogens with one attached hydrogen (secondary N) is 1. The van der Waals surface area contributed by atoms with Gasteiger partial charge in [-0.15, -0.1) is 11.8 Å². The van der Waals surface area contributed by atoms with Crippen LogP contribution in [0.5, 0.6) is 0 Å². The number of hydrogen-bond donors (Lipinski definition) is 1. The van der Waals surface area contributed by atoms with Crippen LogP contribution in [0.25, 0.3) is 0 Å². The summed E-state index contributed by atoms with van der Waals surface area (Å²) < 4.78 is 13.1. The van der Waals surface area contributed by atoms with E-state index in [2.05, 4.69) is 5.32 Å². The van der Waals surface area contributed by atoms with Crippen molar-refractivity contribution in [2.75, 3.05) is 5.75 Å². The third-order valence-corrected chi connectivity index (χ3v) is 6.64. The fourth-order valence-electron chi connectivity index (χ4n) is 2.80. The Hall–Kier alpha value is -1.76. The zero-order valence-electron chi connectivity index (χ0n) is 17.8. The lowest BCUT2D eigenvalue weighted by atomic mass is 10.1. The minimum atomic E-state index is -0.651. The molecule has 168 valence electrons. The fourth-order valence-corrected chi connectivity index (χ4v) is 3.99. The second kappa shape index (κ2) is 12.3. The minimum Gasteiger partial charge on any atom is -0.352 e. The zero-order valence-corrected chi connectivity index (χ0v) is 20.2. The zero-order chi connectivity index (χ0) is 23.0. The molecule has 0 bridgehead atoms. The molecule has 0 spiro atoms. The van der Waals surface area contributed by atoms with Crippen LogP contribution in [0.3, 0.4) is 0 Å². The van der Waals surface area contributed by atoms with Crippen molar-refractivity contribution in [1.29, 1.82) is 0 Å². The van der Waals surface area contributed by atoms with Gasteiger partial charge in [-0.1, -0.05) is 48.3 Å². The molecule has 0 saturated heterocycles. The first kappa shape index (κ1) is 25.5. The van der Waals surface area contributed by atoms with E-state index >= 15 is 0 Å². The molecule has 2 atom stereocenters. The Morgan fingerprint density at radius 2 is 1.71 bits per heavy atom. The number of halogens is 3. The van der Waals surface area contributed by atoms with Gasteiger partial charge < -0.3 is 10.2 Å². The van der Waals surface area contributed by atoms with E-state index in [0.29, 0.717) is 15.8 Å². The van der Waals surface area contributed by atoms with Crippen molar-refractivity contribution in [3.05, 3.63) is 69.5 Å². The maximum Gasteiger partial charge on any atom is 0.242 e. The summed E-state index contributed by atoms with van der Waals surface area (Å²) in [5.41, 5.74) is 1.72. The smallest absolute Gasteiger partial charge is 0.242 e. The Balaban J connectivity index is 2.10. The lowest BCUT2D eigenvalue weighted by molar-refractivity contribution is -0.138. The van der Waals surface area contributed by atoms with E-state index < -0.39 is 6.04 Å². The van der Waals surface area contributed by atoms with E-state index in [1.807, 2.05) is 13.8 Å². The minimum absolute atomic E-state index is 0.0183. The second-order valence-corrected chi connectivity index (χ2v) is 9.18. The van der Waals surface area contributed by atoms with E-state index in [0.717, 1.165) is 17.5 Å². The first-order valence-electron chi connectivity index (χ1n) is 10.1. The third-order valence-electron chi connectivity index (χ3n) is 4.91. The standard InChI is InChI=1S/C23H27Cl2FN2O2S/c1-4-15(2)27-23(30)16(3)28(12-18-7-10-20(24)21(25)11-18)22(29)14-31-13-17-5-8-19(26)9-6-17/h5-11,15-16H,4,12-14H2,1-3H3,(H,27,30)/t15-,16+/m1/s1. The normalized spacial score (nSPS) is 12.8. The van der Waals surface area contributed by atoms with Gasteiger partial charge in [-0.05, 0) is 55.7 Å². The highest BCUT2D eigenvalue weighted by Crippen LogP contribution is 2.24. The molecule has 2 rings (SSSR count). The van der Waals surface area contributed by atoms with E-state index in [-0.39, 0.29) is 36.0 Å². The molecule has 0 saturated carbocycles. The Labute approximate surface area is 197 Å². The molecule has 2 aromatic carbocycles. The monoisotopic (exact) mass is 484 g/mol. The summed E-state index contributed by atoms with van der Waals surface area (Å²) in [6.45, 7) is 5.87. The van der Waals surface area contributed by atoms with Gasteiger partial charge in [0, 0.05) is 18.3 Å². The maximum absolute atomic E-state index is 13.1. The molecule has 0 heterocycles. The van der Waals surface area contributed by atoms with Gasteiger partial charge in [0.25, 0.3) is 0 Å². The Bertz CT molecular complexity index is 896. The van der Waals surface area contributed by atoms with Crippen LogP contribution >= 0.6 is 35.0 Å². The predicted octanol–water partition coefficient (Wildman–Crippen LogP) is 5.70. The molecule has 0 aliphatic carbocycles. The summed E-state index contributed by atoms with van der Waals surface area (Å²) in [4.78, 5) is 27.3. The van der Waals surface area contributed by atoms with E-state index in [4.69, 9.17) is 23.2 Å². The summed E-state index contributed by atoms with van der Waals surface area (Å²) >= 11 is 13.5. The quantitative estimate of drug-likeness (QED) is 0.470. The van der Waals surface area contributed by atoms with E-state index in [9.17, 15) is 14.0 Å². The Morgan fingerprint density at radius 3 is 2.32 bits per heavy atom. The third kappa shape index (κ3) is 8.02. The van der Waals surface area contributed by atoms with Crippen LogP contribution < -0.4 is 5.32 Å². The summed E-state index contributed by atoms with van der Waals surface area (Å²) in [5.74, 6) is 0.106. The average Bonchev–Trinajstić information content (AvgIpc) is 2.75. The molecule has 0 unspecified atom stereocenters. The van der Waals surface area contributed by atoms with Crippen molar-refractivity contribution >= 4 is 46.8 Å². The molecular formula is C23H27Cl2FN2O2S. The largest absolute Gasteiger partial charge is 0.352 e. The van der Waals surface area contributed by atoms with Gasteiger partial charge in [0.1, 0.15) is 11.9 Å². The van der Waals surface area contributed by atoms with Crippen molar-refractivity contribution in [1.82, 2.24) is 10.2 Å². The van der Waals surface area contributed by atoms with Gasteiger partial charge in [-0.3, -0.25) is 9.59 Å². The van der Waals surface area contributed by atoms with Crippen molar-refractivity contribution in [3.8, 4) is 0 Å². The van der Waals surface area contributed by atoms with Gasteiger partial charge >= 0.3 is 0 Å². The van der Waals surface area contributed by atoms with Crippen molar-refractivity contribution in [3.63, 3.8) is 0 Å². The van der Waals surface area contributed by atoms with Crippen LogP contribution in [0, 0.1) is 5.82 Å². The predicted molar refractivity (Wildman–Crippen MR) is 127 cm³/mol. The lowest BCUT2D eigenvalue weighted by Crippen LogP contribution is -2.50. The number of hydrogen-bond acceptors (Lipinski definition) is 3. The SMILES string of the molecule is CC[C@@H](C)NC(=O)[C@H](C)N(Cc1ccc(Cl)c(Cl)c1)C(=O)CSCc1ccc(F)cc1. The van der Waals surface area contributed by atoms with Crippen molar-refractivity contribution in [2.24, 2.45) is 0 Å². The number of benzene rings is 2. The number of thioether (sulfide) groups is 1. The molecule has 0 aliphatic heterocycles. The maximum atomic E-state index is 13.1. The fraction of sp³-hybridized carbons (Fsp3) is 0.391. The van der Waals surface area contributed by atoms with Gasteiger partial charge in [0.15, 0.2) is 0 Å². The van der Waals surface area contributed by atoms with Gasteiger partial charge in [0.05, 0.1) is 15.8 Å². The van der Waals surface area contributed by atoms with Crippen LogP contribution in [-0.2, 0) is 21.9 Å². The van der Waals surface area contributed by atoms with Gasteiger partial charge in [-0.25, -0.2) is 4.39 Å². The number of carbonyl (C=O) groups is 2. The van der Waals surface area contributed by atoms with Gasteiger partial charge in [-0.2, -0.15) is 0 Å². The molecule has 31 heavy (non-hydrogen) atoms. The van der Waals surface area contributed by atoms with Crippen LogP contribution in [-0.4, -0.2) is 34.6 Å². The lowest BCUT2D eigenvalue weighted by Gasteiger charge is -2.29. The number of carbonyl (C=O) groups excluding carboxylic acids is 2. The van der Waals surface area contributed by atoms with Crippen LogP contribution in [0.2, 0.25) is 10.0 Å². The molecule has 0 fully saturated rings. The molecule has 4 nitrogen and oxygen atoms in total. The molecule has 0 radical (unpaired) electrons. The molecule has 1 N–H and O–H groups in total. The highest BCUT2D eigenvalue weighted by atomic mass is 35.5. The van der Waals surface area contributed by atoms with Crippen LogP contribution in [0.1, 0.15) is 38.3 Å². The Kier molecular flexibility index (Phi) is 10.1. The molecule has 0 aromatic heterocycles. The number of nitrogens with zero attached hydrogens (tertiary/aromatic N) is 1. The van der Waals surface area contributed by atoms with Crippen molar-refractivity contribution < 1.29 is 14.0 Å². The summed E-state index contributed by atoms with van der Waals surface area (Å²) in [6, 6.07) is 10.7. The number of rotatable bonds is 10. The summed E-state index contributed by atoms with van der Waals surface area (Å²) in [5, 5.41) is 3.76. The van der Waals surface area contributed by atoms with Crippen molar-refractivity contribution in [2.45, 2.75) is 51.6 Å².